The summed E-state index contributed by atoms with van der Waals surface area (Å²) in [5.74, 6) is 1.75. The Hall–Kier alpha value is -2.99. The van der Waals surface area contributed by atoms with Crippen molar-refractivity contribution in [1.82, 2.24) is 4.90 Å². The number of benzene rings is 2. The first kappa shape index (κ1) is 23.2. The van der Waals surface area contributed by atoms with E-state index in [1.165, 1.54) is 18.2 Å². The van der Waals surface area contributed by atoms with Gasteiger partial charge in [0.15, 0.2) is 16.7 Å². The average molecular weight is 463 g/mol. The monoisotopic (exact) mass is 462 g/mol. The van der Waals surface area contributed by atoms with Gasteiger partial charge in [0.1, 0.15) is 6.61 Å². The number of carbonyl (C=O) groups excluding carboxylic acids is 1. The maximum atomic E-state index is 13.6. The maximum absolute atomic E-state index is 13.6. The van der Waals surface area contributed by atoms with Gasteiger partial charge in [-0.25, -0.2) is 4.99 Å². The summed E-state index contributed by atoms with van der Waals surface area (Å²) in [7, 11) is 1.61. The van der Waals surface area contributed by atoms with Crippen molar-refractivity contribution in [3.8, 4) is 11.5 Å². The van der Waals surface area contributed by atoms with E-state index in [2.05, 4.69) is 13.5 Å². The number of nitrogens with zero attached hydrogens (tertiary/aromatic N) is 2. The second-order valence-corrected chi connectivity index (χ2v) is 9.36. The van der Waals surface area contributed by atoms with Gasteiger partial charge in [-0.2, -0.15) is 0 Å². The molecular weight excluding hydrogens is 432 g/mol. The molecule has 0 aromatic heterocycles. The Balaban J connectivity index is 1.68. The molecule has 5 nitrogen and oxygen atoms in total. The van der Waals surface area contributed by atoms with Crippen LogP contribution in [0.3, 0.4) is 0 Å². The molecule has 0 bridgehead atoms. The molecule has 1 heterocycles. The molecule has 1 aliphatic heterocycles. The van der Waals surface area contributed by atoms with Crippen LogP contribution in [0.15, 0.2) is 71.1 Å². The van der Waals surface area contributed by atoms with Gasteiger partial charge in [0, 0.05) is 6.04 Å². The lowest BCUT2D eigenvalue weighted by atomic mass is 9.85. The molecule has 0 radical (unpaired) electrons. The summed E-state index contributed by atoms with van der Waals surface area (Å²) in [6.45, 7) is 6.33. The number of hydrogen-bond acceptors (Lipinski definition) is 5. The van der Waals surface area contributed by atoms with Crippen molar-refractivity contribution in [3.63, 3.8) is 0 Å². The third-order valence-corrected chi connectivity index (χ3v) is 7.04. The van der Waals surface area contributed by atoms with E-state index in [0.717, 1.165) is 35.7 Å². The first-order valence-electron chi connectivity index (χ1n) is 11.4. The molecule has 4 rings (SSSR count). The molecule has 1 saturated carbocycles. The Morgan fingerprint density at radius 3 is 2.67 bits per heavy atom. The van der Waals surface area contributed by atoms with Crippen LogP contribution in [0.4, 0.5) is 5.69 Å². The summed E-state index contributed by atoms with van der Waals surface area (Å²) in [6, 6.07) is 15.7. The summed E-state index contributed by atoms with van der Waals surface area (Å²) < 4.78 is 11.1. The molecule has 0 spiro atoms. The number of amidine groups is 1. The lowest BCUT2D eigenvalue weighted by molar-refractivity contribution is -0.124. The van der Waals surface area contributed by atoms with E-state index in [0.29, 0.717) is 28.9 Å². The third kappa shape index (κ3) is 5.33. The molecule has 2 fully saturated rings. The van der Waals surface area contributed by atoms with Gasteiger partial charge in [0.2, 0.25) is 0 Å². The fourth-order valence-corrected chi connectivity index (χ4v) is 5.39. The second-order valence-electron chi connectivity index (χ2n) is 8.35. The van der Waals surface area contributed by atoms with Crippen LogP contribution in [0.2, 0.25) is 0 Å². The predicted octanol–water partition coefficient (Wildman–Crippen LogP) is 6.44. The van der Waals surface area contributed by atoms with Crippen LogP contribution in [-0.2, 0) is 4.79 Å². The molecule has 0 unspecified atom stereocenters. The fraction of sp³-hybridized carbons (Fsp3) is 0.333. The highest BCUT2D eigenvalue weighted by Gasteiger charge is 2.41. The highest BCUT2D eigenvalue weighted by Crippen LogP contribution is 2.40. The minimum absolute atomic E-state index is 0.0272. The van der Waals surface area contributed by atoms with E-state index in [4.69, 9.17) is 14.5 Å². The van der Waals surface area contributed by atoms with Gasteiger partial charge < -0.3 is 9.47 Å². The van der Waals surface area contributed by atoms with Crippen molar-refractivity contribution >= 4 is 34.6 Å². The lowest BCUT2D eigenvalue weighted by Crippen LogP contribution is -2.44. The number of rotatable bonds is 7. The molecule has 2 aromatic rings. The standard InChI is InChI=1S/C27H30N2O3S/c1-4-16-32-23-15-14-20(17-24(23)31-3)18-25-26(30)29(22-13-9-8-10-19(22)2)27(33-25)28-21-11-6-5-7-12-21/h4-7,11-12,14-15,17-19,22H,1,8-10,13,16H2,2-3H3/b25-18-,28-27?/t19-,22+/m0/s1. The van der Waals surface area contributed by atoms with Crippen LogP contribution in [0.25, 0.3) is 6.08 Å². The van der Waals surface area contributed by atoms with Gasteiger partial charge in [0.05, 0.1) is 17.7 Å². The van der Waals surface area contributed by atoms with Crippen molar-refractivity contribution in [2.75, 3.05) is 13.7 Å². The number of para-hydroxylation sites is 1. The van der Waals surface area contributed by atoms with Gasteiger partial charge in [-0.05, 0) is 66.4 Å². The second kappa shape index (κ2) is 10.8. The number of amides is 1. The van der Waals surface area contributed by atoms with Crippen LogP contribution in [-0.4, -0.2) is 35.7 Å². The van der Waals surface area contributed by atoms with E-state index in [1.807, 2.05) is 59.5 Å². The van der Waals surface area contributed by atoms with Crippen molar-refractivity contribution in [1.29, 1.82) is 0 Å². The van der Waals surface area contributed by atoms with Crippen LogP contribution >= 0.6 is 11.8 Å². The molecule has 6 heteroatoms. The zero-order valence-electron chi connectivity index (χ0n) is 19.2. The number of methoxy groups -OCH3 is 1. The van der Waals surface area contributed by atoms with Gasteiger partial charge in [-0.3, -0.25) is 9.69 Å². The highest BCUT2D eigenvalue weighted by molar-refractivity contribution is 8.18. The van der Waals surface area contributed by atoms with E-state index in [-0.39, 0.29) is 11.9 Å². The molecule has 1 amide bonds. The normalized spacial score (nSPS) is 23.2. The largest absolute Gasteiger partial charge is 0.493 e. The first-order chi connectivity index (χ1) is 16.1. The van der Waals surface area contributed by atoms with Crippen molar-refractivity contribution < 1.29 is 14.3 Å². The van der Waals surface area contributed by atoms with Crippen molar-refractivity contribution in [3.05, 3.63) is 71.7 Å². The minimum atomic E-state index is 0.0272. The molecule has 1 aliphatic carbocycles. The molecule has 2 aromatic carbocycles. The van der Waals surface area contributed by atoms with Crippen molar-refractivity contribution in [2.45, 2.75) is 38.6 Å². The van der Waals surface area contributed by atoms with E-state index >= 15 is 0 Å². The van der Waals surface area contributed by atoms with Crippen molar-refractivity contribution in [2.24, 2.45) is 10.9 Å². The zero-order valence-corrected chi connectivity index (χ0v) is 20.0. The van der Waals surface area contributed by atoms with Crippen LogP contribution in [0.5, 0.6) is 11.5 Å². The molecule has 172 valence electrons. The summed E-state index contributed by atoms with van der Waals surface area (Å²) >= 11 is 1.45. The van der Waals surface area contributed by atoms with E-state index < -0.39 is 0 Å². The highest BCUT2D eigenvalue weighted by atomic mass is 32.2. The smallest absolute Gasteiger partial charge is 0.267 e. The number of thioether (sulfide) groups is 1. The van der Waals surface area contributed by atoms with Gasteiger partial charge in [-0.1, -0.05) is 56.7 Å². The predicted molar refractivity (Wildman–Crippen MR) is 136 cm³/mol. The average Bonchev–Trinajstić information content (AvgIpc) is 3.13. The summed E-state index contributed by atoms with van der Waals surface area (Å²) in [5, 5.41) is 0.758. The quantitative estimate of drug-likeness (QED) is 0.351. The molecule has 33 heavy (non-hydrogen) atoms. The van der Waals surface area contributed by atoms with E-state index in [9.17, 15) is 4.79 Å². The third-order valence-electron chi connectivity index (χ3n) is 6.06. The van der Waals surface area contributed by atoms with Gasteiger partial charge in [-0.15, -0.1) is 0 Å². The number of ether oxygens (including phenoxy) is 2. The van der Waals surface area contributed by atoms with Gasteiger partial charge in [0.25, 0.3) is 5.91 Å². The number of aliphatic imine (C=N–C) groups is 1. The first-order valence-corrected chi connectivity index (χ1v) is 12.2. The summed E-state index contributed by atoms with van der Waals surface area (Å²) in [5.41, 5.74) is 1.74. The zero-order chi connectivity index (χ0) is 23.2. The Morgan fingerprint density at radius 1 is 1.15 bits per heavy atom. The maximum Gasteiger partial charge on any atom is 0.267 e. The summed E-state index contributed by atoms with van der Waals surface area (Å²) in [6.07, 6.45) is 8.13. The summed E-state index contributed by atoms with van der Waals surface area (Å²) in [4.78, 5) is 21.1. The van der Waals surface area contributed by atoms with E-state index in [1.54, 1.807) is 13.2 Å². The Bertz CT molecular complexity index is 1060. The Labute approximate surface area is 200 Å². The minimum Gasteiger partial charge on any atom is -0.493 e. The lowest BCUT2D eigenvalue weighted by Gasteiger charge is -2.35. The van der Waals surface area contributed by atoms with Crippen LogP contribution in [0, 0.1) is 5.92 Å². The van der Waals surface area contributed by atoms with Gasteiger partial charge >= 0.3 is 0 Å². The Kier molecular flexibility index (Phi) is 7.55. The molecule has 2 atom stereocenters. The van der Waals surface area contributed by atoms with Crippen LogP contribution < -0.4 is 9.47 Å². The van der Waals surface area contributed by atoms with Crippen LogP contribution in [0.1, 0.15) is 38.2 Å². The Morgan fingerprint density at radius 2 is 1.94 bits per heavy atom. The topological polar surface area (TPSA) is 51.1 Å². The SMILES string of the molecule is C=CCOc1ccc(/C=C2\SC(=Nc3ccccc3)N([C@@H]3CCCC[C@@H]3C)C2=O)cc1OC. The molecule has 0 N–H and O–H groups in total. The molecule has 1 saturated heterocycles. The fourth-order valence-electron chi connectivity index (χ4n) is 4.34. The number of carbonyl (C=O) groups is 1. The molecule has 2 aliphatic rings. The molecular formula is C27H30N2O3S. The number of hydrogen-bond donors (Lipinski definition) is 0.